The zero-order valence-electron chi connectivity index (χ0n) is 61.8. The van der Waals surface area contributed by atoms with Crippen LogP contribution in [0.2, 0.25) is 0 Å². The zero-order valence-corrected chi connectivity index (χ0v) is 63.6. The third-order valence-electron chi connectivity index (χ3n) is 17.8. The average Bonchev–Trinajstić information content (AvgIpc) is 1.76. The van der Waals surface area contributed by atoms with Crippen LogP contribution in [0.5, 0.6) is 0 Å². The summed E-state index contributed by atoms with van der Waals surface area (Å²) in [6, 6.07) is 0. The summed E-state index contributed by atoms with van der Waals surface area (Å²) in [5.41, 5.74) is 0. The molecule has 0 aliphatic heterocycles. The maximum Gasteiger partial charge on any atom is 0.472 e. The number of esters is 4. The van der Waals surface area contributed by atoms with Gasteiger partial charge in [-0.25, -0.2) is 9.13 Å². The summed E-state index contributed by atoms with van der Waals surface area (Å²) in [5.74, 6) is -1.31. The van der Waals surface area contributed by atoms with Crippen LogP contribution in [-0.4, -0.2) is 96.7 Å². The molecule has 5 atom stereocenters. The Labute approximate surface area is 581 Å². The molecular formula is C76H148O17P2. The Balaban J connectivity index is 5.22. The number of carbonyl (C=O) groups is 4. The molecule has 17 nitrogen and oxygen atoms in total. The molecule has 0 spiro atoms. The summed E-state index contributed by atoms with van der Waals surface area (Å²) in [6.07, 6.45) is 58.1. The Morgan fingerprint density at radius 1 is 0.284 bits per heavy atom. The lowest BCUT2D eigenvalue weighted by Gasteiger charge is -2.21. The van der Waals surface area contributed by atoms with Gasteiger partial charge in [0.2, 0.25) is 0 Å². The maximum atomic E-state index is 13.1. The van der Waals surface area contributed by atoms with Crippen molar-refractivity contribution >= 4 is 39.5 Å². The van der Waals surface area contributed by atoms with Gasteiger partial charge in [-0.2, -0.15) is 0 Å². The smallest absolute Gasteiger partial charge is 0.462 e. The normalized spacial score (nSPS) is 13.9. The van der Waals surface area contributed by atoms with E-state index in [-0.39, 0.29) is 25.7 Å². The van der Waals surface area contributed by atoms with Gasteiger partial charge in [-0.05, 0) is 31.6 Å². The van der Waals surface area contributed by atoms with E-state index in [0.29, 0.717) is 25.7 Å². The molecule has 0 aromatic heterocycles. The third-order valence-corrected chi connectivity index (χ3v) is 19.7. The highest BCUT2D eigenvalue weighted by Gasteiger charge is 2.30. The molecule has 0 rings (SSSR count). The van der Waals surface area contributed by atoms with E-state index >= 15 is 0 Å². The molecule has 0 bridgehead atoms. The minimum absolute atomic E-state index is 0.108. The molecule has 0 fully saturated rings. The molecule has 2 unspecified atom stereocenters. The van der Waals surface area contributed by atoms with Crippen molar-refractivity contribution in [2.45, 2.75) is 419 Å². The molecule has 19 heteroatoms. The van der Waals surface area contributed by atoms with Gasteiger partial charge < -0.3 is 33.8 Å². The molecule has 0 saturated heterocycles. The number of hydrogen-bond donors (Lipinski definition) is 3. The van der Waals surface area contributed by atoms with Crippen LogP contribution in [0.25, 0.3) is 0 Å². The molecule has 0 aromatic rings. The van der Waals surface area contributed by atoms with E-state index in [9.17, 15) is 43.2 Å². The van der Waals surface area contributed by atoms with Crippen LogP contribution < -0.4 is 0 Å². The lowest BCUT2D eigenvalue weighted by molar-refractivity contribution is -0.161. The minimum Gasteiger partial charge on any atom is -0.462 e. The van der Waals surface area contributed by atoms with E-state index in [1.54, 1.807) is 0 Å². The van der Waals surface area contributed by atoms with E-state index in [1.165, 1.54) is 225 Å². The fourth-order valence-corrected chi connectivity index (χ4v) is 13.3. The van der Waals surface area contributed by atoms with Crippen molar-refractivity contribution in [2.24, 2.45) is 5.92 Å². The largest absolute Gasteiger partial charge is 0.472 e. The maximum absolute atomic E-state index is 13.1. The Morgan fingerprint density at radius 2 is 0.484 bits per heavy atom. The Kier molecular flexibility index (Phi) is 67.7. The van der Waals surface area contributed by atoms with Crippen molar-refractivity contribution in [1.29, 1.82) is 0 Å². The van der Waals surface area contributed by atoms with E-state index in [4.69, 9.17) is 37.0 Å². The van der Waals surface area contributed by atoms with Gasteiger partial charge in [0, 0.05) is 25.7 Å². The first-order chi connectivity index (χ1) is 46.0. The highest BCUT2D eigenvalue weighted by atomic mass is 31.2. The number of unbranched alkanes of at least 4 members (excludes halogenated alkanes) is 48. The van der Waals surface area contributed by atoms with Gasteiger partial charge in [-0.15, -0.1) is 0 Å². The second-order valence-electron chi connectivity index (χ2n) is 27.9. The van der Waals surface area contributed by atoms with E-state index in [1.807, 2.05) is 0 Å². The van der Waals surface area contributed by atoms with Crippen molar-refractivity contribution in [2.75, 3.05) is 39.6 Å². The number of ether oxygens (including phenoxy) is 4. The summed E-state index contributed by atoms with van der Waals surface area (Å²) >= 11 is 0. The van der Waals surface area contributed by atoms with Crippen molar-refractivity contribution in [3.8, 4) is 0 Å². The number of phosphoric acid groups is 2. The summed E-state index contributed by atoms with van der Waals surface area (Å²) in [6.45, 7) is 7.31. The topological polar surface area (TPSA) is 237 Å². The summed E-state index contributed by atoms with van der Waals surface area (Å²) in [7, 11) is -9.91. The SMILES string of the molecule is CCCCCCCCCCCCCCCCC(=O)OC[C@H](COP(=O)(O)OC[C@@H](O)COP(=O)(O)OC[C@@H](COC(=O)CCCCCCCCCCC)OC(=O)CCCCCCCCCCCCCCCC)OC(=O)CCCCCCCCCCCCCCCCCC(C)C. The predicted octanol–water partition coefficient (Wildman–Crippen LogP) is 22.5. The lowest BCUT2D eigenvalue weighted by atomic mass is 10.0. The minimum atomic E-state index is -4.96. The monoisotopic (exact) mass is 1400 g/mol. The summed E-state index contributed by atoms with van der Waals surface area (Å²) < 4.78 is 68.5. The van der Waals surface area contributed by atoms with Gasteiger partial charge in [-0.1, -0.05) is 349 Å². The quantitative estimate of drug-likeness (QED) is 0.0222. The van der Waals surface area contributed by atoms with Crippen LogP contribution in [0.4, 0.5) is 0 Å². The van der Waals surface area contributed by atoms with Crippen LogP contribution in [0.1, 0.15) is 401 Å². The summed E-state index contributed by atoms with van der Waals surface area (Å²) in [5, 5.41) is 10.6. The number of aliphatic hydroxyl groups excluding tert-OH is 1. The van der Waals surface area contributed by atoms with Crippen LogP contribution in [-0.2, 0) is 65.4 Å². The lowest BCUT2D eigenvalue weighted by Crippen LogP contribution is -2.30. The van der Waals surface area contributed by atoms with Gasteiger partial charge in [0.25, 0.3) is 0 Å². The van der Waals surface area contributed by atoms with E-state index < -0.39 is 97.5 Å². The molecule has 0 aliphatic carbocycles. The Morgan fingerprint density at radius 3 is 0.716 bits per heavy atom. The number of phosphoric ester groups is 2. The van der Waals surface area contributed by atoms with Gasteiger partial charge in [-0.3, -0.25) is 37.3 Å². The highest BCUT2D eigenvalue weighted by Crippen LogP contribution is 2.45. The molecule has 0 amide bonds. The molecule has 95 heavy (non-hydrogen) atoms. The Bertz CT molecular complexity index is 1820. The van der Waals surface area contributed by atoms with Crippen LogP contribution >= 0.6 is 15.6 Å². The first kappa shape index (κ1) is 93.1. The van der Waals surface area contributed by atoms with Gasteiger partial charge in [0.15, 0.2) is 12.2 Å². The molecule has 0 radical (unpaired) electrons. The number of aliphatic hydroxyl groups is 1. The van der Waals surface area contributed by atoms with Crippen LogP contribution in [0.15, 0.2) is 0 Å². The number of carbonyl (C=O) groups excluding carboxylic acids is 4. The second-order valence-corrected chi connectivity index (χ2v) is 30.8. The van der Waals surface area contributed by atoms with Crippen LogP contribution in [0.3, 0.4) is 0 Å². The van der Waals surface area contributed by atoms with Gasteiger partial charge in [0.1, 0.15) is 19.3 Å². The number of hydrogen-bond acceptors (Lipinski definition) is 15. The van der Waals surface area contributed by atoms with Crippen LogP contribution in [0, 0.1) is 5.92 Å². The molecule has 564 valence electrons. The van der Waals surface area contributed by atoms with E-state index in [0.717, 1.165) is 95.8 Å². The molecule has 3 N–H and O–H groups in total. The fourth-order valence-electron chi connectivity index (χ4n) is 11.7. The second kappa shape index (κ2) is 69.2. The Hall–Kier alpha value is -1.94. The fraction of sp³-hybridized carbons (Fsp3) is 0.947. The highest BCUT2D eigenvalue weighted by molar-refractivity contribution is 7.47. The molecule has 0 aliphatic rings. The zero-order chi connectivity index (χ0) is 69.8. The van der Waals surface area contributed by atoms with Gasteiger partial charge >= 0.3 is 39.5 Å². The molecule has 0 aromatic carbocycles. The standard InChI is InChI=1S/C76H148O17P2/c1-6-9-12-15-18-21-23-25-31-35-40-45-50-55-60-74(79)87-66-72(93-76(81)62-57-52-47-42-37-33-29-27-28-30-34-39-43-48-53-58-69(4)5)68-91-95(84,85)89-64-70(77)63-88-94(82,83)90-67-71(65-86-73(78)59-54-49-44-38-20-17-14-11-8-3)92-75(80)61-56-51-46-41-36-32-26-24-22-19-16-13-10-7-2/h69-72,77H,6-68H2,1-5H3,(H,82,83)(H,84,85)/t70-,71+,72+/m0/s1. The predicted molar refractivity (Wildman–Crippen MR) is 386 cm³/mol. The number of rotatable bonds is 76. The first-order valence-electron chi connectivity index (χ1n) is 39.6. The third kappa shape index (κ3) is 70.3. The molecule has 0 heterocycles. The molecular weight excluding hydrogens is 1250 g/mol. The first-order valence-corrected chi connectivity index (χ1v) is 42.6. The van der Waals surface area contributed by atoms with Gasteiger partial charge in [0.05, 0.1) is 26.4 Å². The average molecular weight is 1400 g/mol. The summed E-state index contributed by atoms with van der Waals surface area (Å²) in [4.78, 5) is 72.8. The van der Waals surface area contributed by atoms with Crippen molar-refractivity contribution < 1.29 is 80.2 Å². The molecule has 0 saturated carbocycles. The van der Waals surface area contributed by atoms with Crippen molar-refractivity contribution in [3.63, 3.8) is 0 Å². The van der Waals surface area contributed by atoms with Crippen molar-refractivity contribution in [1.82, 2.24) is 0 Å². The van der Waals surface area contributed by atoms with Crippen molar-refractivity contribution in [3.05, 3.63) is 0 Å². The van der Waals surface area contributed by atoms with E-state index in [2.05, 4.69) is 34.6 Å².